The number of benzene rings is 1. The van der Waals surface area contributed by atoms with Crippen LogP contribution in [0.25, 0.3) is 0 Å². The summed E-state index contributed by atoms with van der Waals surface area (Å²) in [5.41, 5.74) is 6.25. The van der Waals surface area contributed by atoms with Crippen molar-refractivity contribution in [2.45, 2.75) is 26.3 Å². The van der Waals surface area contributed by atoms with Gasteiger partial charge in [-0.05, 0) is 26.0 Å². The Morgan fingerprint density at radius 3 is 2.65 bits per heavy atom. The van der Waals surface area contributed by atoms with Crippen molar-refractivity contribution < 1.29 is 19.1 Å². The summed E-state index contributed by atoms with van der Waals surface area (Å²) in [6, 6.07) is 4.92. The van der Waals surface area contributed by atoms with Gasteiger partial charge in [0.2, 0.25) is 5.91 Å². The molecule has 3 N–H and O–H groups in total. The molecule has 1 rings (SSSR count). The van der Waals surface area contributed by atoms with E-state index >= 15 is 0 Å². The normalized spacial score (nSPS) is 10.2. The van der Waals surface area contributed by atoms with Crippen LogP contribution >= 0.6 is 0 Å². The summed E-state index contributed by atoms with van der Waals surface area (Å²) < 4.78 is 10.1. The number of anilines is 1. The van der Waals surface area contributed by atoms with E-state index in [1.165, 1.54) is 7.11 Å². The molecular formula is C14H20N2O4. The lowest BCUT2D eigenvalue weighted by Gasteiger charge is -2.11. The highest BCUT2D eigenvalue weighted by molar-refractivity contribution is 5.96. The fraction of sp³-hybridized carbons (Fsp3) is 0.429. The lowest BCUT2D eigenvalue weighted by Crippen LogP contribution is -2.31. The van der Waals surface area contributed by atoms with Crippen LogP contribution in [0.1, 0.15) is 30.6 Å². The largest absolute Gasteiger partial charge is 0.495 e. The number of hydrogen-bond acceptors (Lipinski definition) is 5. The van der Waals surface area contributed by atoms with E-state index < -0.39 is 5.97 Å². The topological polar surface area (TPSA) is 90.6 Å². The Bertz CT molecular complexity index is 486. The number of ether oxygens (including phenoxy) is 2. The third kappa shape index (κ3) is 4.46. The predicted octanol–water partition coefficient (Wildman–Crippen LogP) is 1.35. The van der Waals surface area contributed by atoms with Gasteiger partial charge in [0.1, 0.15) is 12.4 Å². The third-order valence-electron chi connectivity index (χ3n) is 2.52. The second-order valence-electron chi connectivity index (χ2n) is 4.53. The van der Waals surface area contributed by atoms with Crippen LogP contribution in [0.5, 0.6) is 5.75 Å². The Balaban J connectivity index is 2.54. The molecule has 0 aromatic heterocycles. The molecule has 0 aliphatic carbocycles. The van der Waals surface area contributed by atoms with Gasteiger partial charge in [-0.15, -0.1) is 0 Å². The maximum atomic E-state index is 11.8. The number of carbonyl (C=O) groups is 2. The molecule has 0 spiro atoms. The van der Waals surface area contributed by atoms with Gasteiger partial charge in [0, 0.05) is 6.04 Å². The van der Waals surface area contributed by atoms with Crippen molar-refractivity contribution in [3.05, 3.63) is 23.8 Å². The number of nitrogen functional groups attached to an aromatic ring is 1. The number of methoxy groups -OCH3 is 1. The number of carbonyl (C=O) groups excluding carboxylic acids is 2. The highest BCUT2D eigenvalue weighted by Crippen LogP contribution is 2.25. The molecule has 110 valence electrons. The zero-order valence-corrected chi connectivity index (χ0v) is 11.9. The number of esters is 1. The molecule has 6 heteroatoms. The molecule has 1 aromatic rings. The van der Waals surface area contributed by atoms with Gasteiger partial charge in [-0.2, -0.15) is 0 Å². The third-order valence-corrected chi connectivity index (χ3v) is 2.52. The van der Waals surface area contributed by atoms with Gasteiger partial charge in [-0.3, -0.25) is 4.79 Å². The van der Waals surface area contributed by atoms with Crippen molar-refractivity contribution in [3.8, 4) is 5.75 Å². The minimum absolute atomic E-state index is 0.00797. The average molecular weight is 280 g/mol. The van der Waals surface area contributed by atoms with Gasteiger partial charge in [0.05, 0.1) is 24.8 Å². The fourth-order valence-electron chi connectivity index (χ4n) is 1.61. The first-order chi connectivity index (χ1) is 9.45. The van der Waals surface area contributed by atoms with Crippen LogP contribution in [-0.2, 0) is 9.53 Å². The monoisotopic (exact) mass is 280 g/mol. The Morgan fingerprint density at radius 1 is 1.35 bits per heavy atom. The van der Waals surface area contributed by atoms with E-state index in [0.717, 1.165) is 0 Å². The molecular weight excluding hydrogens is 260 g/mol. The summed E-state index contributed by atoms with van der Waals surface area (Å²) in [6.45, 7) is 3.73. The van der Waals surface area contributed by atoms with Crippen LogP contribution in [0.4, 0.5) is 5.69 Å². The molecule has 1 amide bonds. The Labute approximate surface area is 118 Å². The van der Waals surface area contributed by atoms with Gasteiger partial charge in [-0.1, -0.05) is 6.07 Å². The molecule has 0 aliphatic rings. The van der Waals surface area contributed by atoms with Crippen molar-refractivity contribution in [1.82, 2.24) is 5.32 Å². The van der Waals surface area contributed by atoms with Crippen LogP contribution in [0, 0.1) is 0 Å². The van der Waals surface area contributed by atoms with Gasteiger partial charge >= 0.3 is 5.97 Å². The number of rotatable bonds is 6. The average Bonchev–Trinajstić information content (AvgIpc) is 2.37. The second kappa shape index (κ2) is 7.37. The quantitative estimate of drug-likeness (QED) is 0.606. The fourth-order valence-corrected chi connectivity index (χ4v) is 1.61. The second-order valence-corrected chi connectivity index (χ2v) is 4.53. The molecule has 0 saturated carbocycles. The number of nitrogens with one attached hydrogen (secondary N) is 1. The zero-order chi connectivity index (χ0) is 15.1. The predicted molar refractivity (Wildman–Crippen MR) is 75.6 cm³/mol. The first-order valence-electron chi connectivity index (χ1n) is 6.34. The minimum Gasteiger partial charge on any atom is -0.495 e. The standard InChI is InChI=1S/C14H20N2O4/c1-9(2)16-12(17)7-8-20-14(18)10-5-4-6-11(19-3)13(10)15/h4-6,9H,7-8,15H2,1-3H3,(H,16,17). The lowest BCUT2D eigenvalue weighted by molar-refractivity contribution is -0.122. The highest BCUT2D eigenvalue weighted by atomic mass is 16.5. The Hall–Kier alpha value is -2.24. The molecule has 0 unspecified atom stereocenters. The summed E-state index contributed by atoms with van der Waals surface area (Å²) in [7, 11) is 1.47. The number of nitrogens with two attached hydrogens (primary N) is 1. The molecule has 0 atom stereocenters. The van der Waals surface area contributed by atoms with Crippen molar-refractivity contribution in [2.24, 2.45) is 0 Å². The number of para-hydroxylation sites is 1. The van der Waals surface area contributed by atoms with Gasteiger partial charge in [-0.25, -0.2) is 4.79 Å². The molecule has 0 heterocycles. The van der Waals surface area contributed by atoms with Crippen LogP contribution in [-0.4, -0.2) is 31.6 Å². The smallest absolute Gasteiger partial charge is 0.340 e. The number of amides is 1. The van der Waals surface area contributed by atoms with Gasteiger partial charge in [0.25, 0.3) is 0 Å². The zero-order valence-electron chi connectivity index (χ0n) is 11.9. The van der Waals surface area contributed by atoms with Crippen molar-refractivity contribution in [3.63, 3.8) is 0 Å². The van der Waals surface area contributed by atoms with Crippen molar-refractivity contribution in [2.75, 3.05) is 19.5 Å². The van der Waals surface area contributed by atoms with Crippen LogP contribution in [0.3, 0.4) is 0 Å². The van der Waals surface area contributed by atoms with Gasteiger partial charge in [0.15, 0.2) is 0 Å². The summed E-state index contributed by atoms with van der Waals surface area (Å²) in [5.74, 6) is -0.317. The molecule has 1 aromatic carbocycles. The molecule has 0 fully saturated rings. The summed E-state index contributed by atoms with van der Waals surface area (Å²) in [5, 5.41) is 2.71. The van der Waals surface area contributed by atoms with Crippen molar-refractivity contribution in [1.29, 1.82) is 0 Å². The van der Waals surface area contributed by atoms with Crippen LogP contribution in [0.15, 0.2) is 18.2 Å². The molecule has 0 aliphatic heterocycles. The van der Waals surface area contributed by atoms with Crippen LogP contribution < -0.4 is 15.8 Å². The first-order valence-corrected chi connectivity index (χ1v) is 6.34. The van der Waals surface area contributed by atoms with E-state index in [4.69, 9.17) is 15.2 Å². The summed E-state index contributed by atoms with van der Waals surface area (Å²) in [6.07, 6.45) is 0.119. The molecule has 20 heavy (non-hydrogen) atoms. The van der Waals surface area contributed by atoms with E-state index in [1.807, 2.05) is 13.8 Å². The first kappa shape index (κ1) is 15.8. The number of hydrogen-bond donors (Lipinski definition) is 2. The Morgan fingerprint density at radius 2 is 2.05 bits per heavy atom. The SMILES string of the molecule is COc1cccc(C(=O)OCCC(=O)NC(C)C)c1N. The molecule has 0 radical (unpaired) electrons. The maximum Gasteiger partial charge on any atom is 0.340 e. The molecule has 6 nitrogen and oxygen atoms in total. The van der Waals surface area contributed by atoms with E-state index in [0.29, 0.717) is 5.75 Å². The summed E-state index contributed by atoms with van der Waals surface area (Å²) >= 11 is 0. The molecule has 0 saturated heterocycles. The summed E-state index contributed by atoms with van der Waals surface area (Å²) in [4.78, 5) is 23.2. The van der Waals surface area contributed by atoms with Crippen LogP contribution in [0.2, 0.25) is 0 Å². The van der Waals surface area contributed by atoms with Gasteiger partial charge < -0.3 is 20.5 Å². The van der Waals surface area contributed by atoms with E-state index in [-0.39, 0.29) is 36.2 Å². The minimum atomic E-state index is -0.571. The van der Waals surface area contributed by atoms with Crippen molar-refractivity contribution >= 4 is 17.6 Å². The highest BCUT2D eigenvalue weighted by Gasteiger charge is 2.14. The molecule has 0 bridgehead atoms. The Kier molecular flexibility index (Phi) is 5.83. The van der Waals surface area contributed by atoms with E-state index in [2.05, 4.69) is 5.32 Å². The van der Waals surface area contributed by atoms with E-state index in [9.17, 15) is 9.59 Å². The lowest BCUT2D eigenvalue weighted by atomic mass is 10.1. The maximum absolute atomic E-state index is 11.8. The van der Waals surface area contributed by atoms with E-state index in [1.54, 1.807) is 18.2 Å².